The van der Waals surface area contributed by atoms with Gasteiger partial charge < -0.3 is 15.7 Å². The average Bonchev–Trinajstić information content (AvgIpc) is 2.36. The summed E-state index contributed by atoms with van der Waals surface area (Å²) < 4.78 is 0.821. The molecule has 2 unspecified atom stereocenters. The van der Waals surface area contributed by atoms with Crippen LogP contribution >= 0.6 is 15.9 Å². The van der Waals surface area contributed by atoms with Crippen LogP contribution in [0.3, 0.4) is 0 Å². The topological polar surface area (TPSA) is 70.1 Å². The summed E-state index contributed by atoms with van der Waals surface area (Å²) in [4.78, 5) is 8.57. The molecule has 6 heteroatoms. The van der Waals surface area contributed by atoms with E-state index in [-0.39, 0.29) is 12.1 Å². The lowest BCUT2D eigenvalue weighted by Crippen LogP contribution is -2.36. The molecular formula is C12H19BrN4O. The third-order valence-corrected chi connectivity index (χ3v) is 3.71. The van der Waals surface area contributed by atoms with E-state index in [2.05, 4.69) is 36.5 Å². The van der Waals surface area contributed by atoms with Crippen molar-refractivity contribution in [3.05, 3.63) is 10.7 Å². The Balaban J connectivity index is 2.09. The van der Waals surface area contributed by atoms with Crippen LogP contribution in [-0.4, -0.2) is 33.8 Å². The normalized spacial score (nSPS) is 23.7. The summed E-state index contributed by atoms with van der Waals surface area (Å²) >= 11 is 3.43. The summed E-state index contributed by atoms with van der Waals surface area (Å²) in [6, 6.07) is 0.0828. The van der Waals surface area contributed by atoms with Crippen LogP contribution in [0.1, 0.15) is 32.6 Å². The van der Waals surface area contributed by atoms with E-state index < -0.39 is 0 Å². The van der Waals surface area contributed by atoms with Crippen LogP contribution in [0.25, 0.3) is 0 Å². The standard InChI is InChI=1S/C12H19BrN4O/c1-2-14-12-15-7-8(13)11(17-12)16-9-5-3-4-6-10(9)18/h7,9-10,18H,2-6H2,1H3,(H2,14,15,16,17). The molecule has 100 valence electrons. The lowest BCUT2D eigenvalue weighted by Gasteiger charge is -2.29. The van der Waals surface area contributed by atoms with Crippen molar-refractivity contribution >= 4 is 27.7 Å². The molecule has 1 saturated carbocycles. The van der Waals surface area contributed by atoms with E-state index >= 15 is 0 Å². The number of hydrogen-bond donors (Lipinski definition) is 3. The Morgan fingerprint density at radius 2 is 2.22 bits per heavy atom. The monoisotopic (exact) mass is 314 g/mol. The fourth-order valence-corrected chi connectivity index (χ4v) is 2.47. The zero-order chi connectivity index (χ0) is 13.0. The molecule has 5 nitrogen and oxygen atoms in total. The molecule has 1 fully saturated rings. The van der Waals surface area contributed by atoms with Crippen molar-refractivity contribution in [3.8, 4) is 0 Å². The van der Waals surface area contributed by atoms with E-state index in [0.29, 0.717) is 5.95 Å². The smallest absolute Gasteiger partial charge is 0.224 e. The molecule has 1 heterocycles. The summed E-state index contributed by atoms with van der Waals surface area (Å²) in [6.07, 6.45) is 5.53. The van der Waals surface area contributed by atoms with Gasteiger partial charge in [0.25, 0.3) is 0 Å². The van der Waals surface area contributed by atoms with Crippen LogP contribution in [0, 0.1) is 0 Å². The highest BCUT2D eigenvalue weighted by atomic mass is 79.9. The number of anilines is 2. The highest BCUT2D eigenvalue weighted by Gasteiger charge is 2.23. The Morgan fingerprint density at radius 3 is 2.94 bits per heavy atom. The first-order chi connectivity index (χ1) is 8.70. The number of aliphatic hydroxyl groups excluding tert-OH is 1. The molecule has 0 radical (unpaired) electrons. The fraction of sp³-hybridized carbons (Fsp3) is 0.667. The van der Waals surface area contributed by atoms with Crippen molar-refractivity contribution in [2.24, 2.45) is 0 Å². The molecule has 1 aliphatic carbocycles. The maximum absolute atomic E-state index is 9.96. The first kappa shape index (κ1) is 13.5. The number of nitrogens with one attached hydrogen (secondary N) is 2. The van der Waals surface area contributed by atoms with Crippen LogP contribution in [0.2, 0.25) is 0 Å². The van der Waals surface area contributed by atoms with Crippen molar-refractivity contribution in [3.63, 3.8) is 0 Å². The van der Waals surface area contributed by atoms with E-state index in [4.69, 9.17) is 0 Å². The Bertz CT molecular complexity index is 402. The van der Waals surface area contributed by atoms with Gasteiger partial charge in [0.05, 0.1) is 16.6 Å². The van der Waals surface area contributed by atoms with Crippen LogP contribution in [-0.2, 0) is 0 Å². The molecule has 3 N–H and O–H groups in total. The highest BCUT2D eigenvalue weighted by molar-refractivity contribution is 9.10. The lowest BCUT2D eigenvalue weighted by molar-refractivity contribution is 0.116. The van der Waals surface area contributed by atoms with Crippen molar-refractivity contribution in [2.75, 3.05) is 17.2 Å². The van der Waals surface area contributed by atoms with Crippen LogP contribution in [0.4, 0.5) is 11.8 Å². The molecule has 0 spiro atoms. The molecule has 0 bridgehead atoms. The van der Waals surface area contributed by atoms with E-state index in [1.54, 1.807) is 6.20 Å². The van der Waals surface area contributed by atoms with Gasteiger partial charge in [-0.25, -0.2) is 4.98 Å². The molecule has 2 atom stereocenters. The molecule has 0 aromatic carbocycles. The van der Waals surface area contributed by atoms with Gasteiger partial charge in [0.2, 0.25) is 5.95 Å². The van der Waals surface area contributed by atoms with Gasteiger partial charge >= 0.3 is 0 Å². The van der Waals surface area contributed by atoms with E-state index in [9.17, 15) is 5.11 Å². The Morgan fingerprint density at radius 1 is 1.44 bits per heavy atom. The average molecular weight is 315 g/mol. The number of aromatic nitrogens is 2. The second kappa shape index (κ2) is 6.33. The molecule has 18 heavy (non-hydrogen) atoms. The first-order valence-corrected chi connectivity index (χ1v) is 7.21. The number of aliphatic hydroxyl groups is 1. The number of rotatable bonds is 4. The maximum atomic E-state index is 9.96. The van der Waals surface area contributed by atoms with Gasteiger partial charge in [-0.1, -0.05) is 12.8 Å². The molecule has 0 saturated heterocycles. The number of hydrogen-bond acceptors (Lipinski definition) is 5. The summed E-state index contributed by atoms with van der Waals surface area (Å²) in [5.74, 6) is 1.35. The van der Waals surface area contributed by atoms with Gasteiger partial charge in [-0.2, -0.15) is 4.98 Å². The fourth-order valence-electron chi connectivity index (χ4n) is 2.17. The van der Waals surface area contributed by atoms with E-state index in [1.807, 2.05) is 6.92 Å². The Labute approximate surface area is 116 Å². The van der Waals surface area contributed by atoms with Gasteiger partial charge in [-0.05, 0) is 35.7 Å². The van der Waals surface area contributed by atoms with Crippen LogP contribution < -0.4 is 10.6 Å². The van der Waals surface area contributed by atoms with Crippen LogP contribution in [0.15, 0.2) is 10.7 Å². The minimum absolute atomic E-state index is 0.0828. The molecule has 1 aromatic heterocycles. The molecule has 2 rings (SSSR count). The van der Waals surface area contributed by atoms with E-state index in [1.165, 1.54) is 0 Å². The summed E-state index contributed by atoms with van der Waals surface area (Å²) in [6.45, 7) is 2.79. The summed E-state index contributed by atoms with van der Waals surface area (Å²) in [7, 11) is 0. The van der Waals surface area contributed by atoms with Gasteiger partial charge in [-0.3, -0.25) is 0 Å². The lowest BCUT2D eigenvalue weighted by atomic mass is 9.93. The van der Waals surface area contributed by atoms with Crippen molar-refractivity contribution < 1.29 is 5.11 Å². The Kier molecular flexibility index (Phi) is 4.77. The highest BCUT2D eigenvalue weighted by Crippen LogP contribution is 2.26. The minimum atomic E-state index is -0.289. The molecular weight excluding hydrogens is 296 g/mol. The van der Waals surface area contributed by atoms with E-state index in [0.717, 1.165) is 42.5 Å². The number of halogens is 1. The predicted octanol–water partition coefficient (Wildman–Crippen LogP) is 2.39. The number of nitrogens with zero attached hydrogens (tertiary/aromatic N) is 2. The first-order valence-electron chi connectivity index (χ1n) is 6.41. The van der Waals surface area contributed by atoms with Crippen molar-refractivity contribution in [1.82, 2.24) is 9.97 Å². The van der Waals surface area contributed by atoms with Gasteiger partial charge in [0.1, 0.15) is 5.82 Å². The second-order valence-corrected chi connectivity index (χ2v) is 5.38. The van der Waals surface area contributed by atoms with Crippen molar-refractivity contribution in [2.45, 2.75) is 44.8 Å². The third kappa shape index (κ3) is 3.32. The summed E-state index contributed by atoms with van der Waals surface area (Å²) in [5.41, 5.74) is 0. The molecule has 1 aromatic rings. The largest absolute Gasteiger partial charge is 0.391 e. The van der Waals surface area contributed by atoms with Crippen molar-refractivity contribution in [1.29, 1.82) is 0 Å². The van der Waals surface area contributed by atoms with Crippen LogP contribution in [0.5, 0.6) is 0 Å². The predicted molar refractivity (Wildman–Crippen MR) is 75.8 cm³/mol. The van der Waals surface area contributed by atoms with Gasteiger partial charge in [-0.15, -0.1) is 0 Å². The molecule has 0 aliphatic heterocycles. The van der Waals surface area contributed by atoms with Gasteiger partial charge in [0.15, 0.2) is 0 Å². The zero-order valence-electron chi connectivity index (χ0n) is 10.5. The molecule has 1 aliphatic rings. The zero-order valence-corrected chi connectivity index (χ0v) is 12.1. The maximum Gasteiger partial charge on any atom is 0.224 e. The SMILES string of the molecule is CCNc1ncc(Br)c(NC2CCCCC2O)n1. The molecule has 0 amide bonds. The second-order valence-electron chi connectivity index (χ2n) is 4.52. The summed E-state index contributed by atoms with van der Waals surface area (Å²) in [5, 5.41) is 16.3. The Hall–Kier alpha value is -0.880. The quantitative estimate of drug-likeness (QED) is 0.796. The third-order valence-electron chi connectivity index (χ3n) is 3.13. The minimum Gasteiger partial charge on any atom is -0.391 e. The van der Waals surface area contributed by atoms with Gasteiger partial charge in [0, 0.05) is 12.7 Å².